The van der Waals surface area contributed by atoms with E-state index in [1.54, 1.807) is 0 Å². The molecule has 0 aliphatic carbocycles. The lowest BCUT2D eigenvalue weighted by Gasteiger charge is -2.36. The number of nitrogens with two attached hydrogens (primary N) is 1. The summed E-state index contributed by atoms with van der Waals surface area (Å²) >= 11 is 0. The monoisotopic (exact) mass is 300 g/mol. The van der Waals surface area contributed by atoms with Gasteiger partial charge in [0.05, 0.1) is 19.8 Å². The van der Waals surface area contributed by atoms with Gasteiger partial charge in [0.15, 0.2) is 5.96 Å². The average molecular weight is 300 g/mol. The minimum atomic E-state index is 0.428. The number of guanidine groups is 1. The summed E-state index contributed by atoms with van der Waals surface area (Å²) < 4.78 is 10.7. The summed E-state index contributed by atoms with van der Waals surface area (Å²) in [4.78, 5) is 6.96. The number of nitrogens with one attached hydrogen (secondary N) is 1. The number of aliphatic imine (C=N–C) groups is 1. The highest BCUT2D eigenvalue weighted by Gasteiger charge is 2.23. The van der Waals surface area contributed by atoms with E-state index in [1.165, 1.54) is 0 Å². The van der Waals surface area contributed by atoms with Crippen molar-refractivity contribution in [3.05, 3.63) is 0 Å². The lowest BCUT2D eigenvalue weighted by Crippen LogP contribution is -2.48. The molecule has 0 aromatic carbocycles. The normalized spacial score (nSPS) is 19.0. The van der Waals surface area contributed by atoms with E-state index in [4.69, 9.17) is 15.2 Å². The Morgan fingerprint density at radius 1 is 1.38 bits per heavy atom. The molecule has 0 spiro atoms. The Morgan fingerprint density at radius 2 is 2.10 bits per heavy atom. The summed E-state index contributed by atoms with van der Waals surface area (Å²) in [5.41, 5.74) is 5.92. The van der Waals surface area contributed by atoms with E-state index < -0.39 is 0 Å². The minimum absolute atomic E-state index is 0.428. The van der Waals surface area contributed by atoms with Crippen LogP contribution in [0, 0.1) is 5.92 Å². The van der Waals surface area contributed by atoms with Crippen molar-refractivity contribution in [1.29, 1.82) is 0 Å². The maximum absolute atomic E-state index is 5.92. The summed E-state index contributed by atoms with van der Waals surface area (Å²) in [7, 11) is 0. The van der Waals surface area contributed by atoms with Gasteiger partial charge in [-0.15, -0.1) is 0 Å². The SMILES string of the molecule is CCOCCCNC(N)=NCC(C(C)C)N1CCOCC1. The van der Waals surface area contributed by atoms with Gasteiger partial charge in [0.1, 0.15) is 0 Å². The quantitative estimate of drug-likeness (QED) is 0.372. The predicted molar refractivity (Wildman–Crippen MR) is 86.6 cm³/mol. The van der Waals surface area contributed by atoms with E-state index >= 15 is 0 Å². The summed E-state index contributed by atoms with van der Waals surface area (Å²) in [6.45, 7) is 13.2. The smallest absolute Gasteiger partial charge is 0.188 e. The lowest BCUT2D eigenvalue weighted by molar-refractivity contribution is 0.00868. The molecular formula is C15H32N4O2. The van der Waals surface area contributed by atoms with E-state index in [2.05, 4.69) is 29.1 Å². The van der Waals surface area contributed by atoms with E-state index in [-0.39, 0.29) is 0 Å². The first-order valence-corrected chi connectivity index (χ1v) is 8.08. The molecule has 6 nitrogen and oxygen atoms in total. The Kier molecular flexibility index (Phi) is 9.37. The topological polar surface area (TPSA) is 72.1 Å². The molecule has 0 amide bonds. The van der Waals surface area contributed by atoms with Crippen molar-refractivity contribution in [1.82, 2.24) is 10.2 Å². The van der Waals surface area contributed by atoms with Crippen molar-refractivity contribution < 1.29 is 9.47 Å². The summed E-state index contributed by atoms with van der Waals surface area (Å²) in [5, 5.41) is 3.14. The van der Waals surface area contributed by atoms with Gasteiger partial charge < -0.3 is 20.5 Å². The average Bonchev–Trinajstić information content (AvgIpc) is 2.48. The third-order valence-electron chi connectivity index (χ3n) is 3.71. The standard InChI is InChI=1S/C15H32N4O2/c1-4-20-9-5-6-17-15(16)18-12-14(13(2)3)19-7-10-21-11-8-19/h13-14H,4-12H2,1-3H3,(H3,16,17,18). The van der Waals surface area contributed by atoms with Crippen LogP contribution in [0.4, 0.5) is 0 Å². The highest BCUT2D eigenvalue weighted by atomic mass is 16.5. The van der Waals surface area contributed by atoms with Gasteiger partial charge in [0, 0.05) is 38.9 Å². The van der Waals surface area contributed by atoms with Gasteiger partial charge in [0.2, 0.25) is 0 Å². The van der Waals surface area contributed by atoms with Crippen molar-refractivity contribution in [3.8, 4) is 0 Å². The first-order chi connectivity index (χ1) is 10.1. The van der Waals surface area contributed by atoms with Gasteiger partial charge in [-0.2, -0.15) is 0 Å². The molecule has 1 aliphatic heterocycles. The maximum atomic E-state index is 5.92. The number of morpholine rings is 1. The van der Waals surface area contributed by atoms with Gasteiger partial charge in [-0.3, -0.25) is 9.89 Å². The number of ether oxygens (including phenoxy) is 2. The Bertz CT molecular complexity index is 291. The highest BCUT2D eigenvalue weighted by molar-refractivity contribution is 5.77. The molecule has 1 unspecified atom stereocenters. The van der Waals surface area contributed by atoms with Crippen LogP contribution in [-0.2, 0) is 9.47 Å². The van der Waals surface area contributed by atoms with Gasteiger partial charge in [-0.25, -0.2) is 0 Å². The van der Waals surface area contributed by atoms with Gasteiger partial charge >= 0.3 is 0 Å². The molecule has 1 rings (SSSR count). The van der Waals surface area contributed by atoms with E-state index in [9.17, 15) is 0 Å². The first-order valence-electron chi connectivity index (χ1n) is 8.08. The van der Waals surface area contributed by atoms with Crippen molar-refractivity contribution in [3.63, 3.8) is 0 Å². The zero-order chi connectivity index (χ0) is 15.5. The highest BCUT2D eigenvalue weighted by Crippen LogP contribution is 2.13. The third-order valence-corrected chi connectivity index (χ3v) is 3.71. The van der Waals surface area contributed by atoms with Gasteiger partial charge in [-0.1, -0.05) is 13.8 Å². The molecule has 1 atom stereocenters. The van der Waals surface area contributed by atoms with Crippen LogP contribution in [0.1, 0.15) is 27.2 Å². The lowest BCUT2D eigenvalue weighted by atomic mass is 10.0. The molecule has 124 valence electrons. The molecule has 0 aromatic heterocycles. The predicted octanol–water partition coefficient (Wildman–Crippen LogP) is 0.674. The molecule has 6 heteroatoms. The van der Waals surface area contributed by atoms with Crippen LogP contribution >= 0.6 is 0 Å². The second kappa shape index (κ2) is 10.8. The molecule has 0 saturated carbocycles. The zero-order valence-electron chi connectivity index (χ0n) is 13.8. The van der Waals surface area contributed by atoms with Crippen LogP contribution in [-0.4, -0.2) is 69.5 Å². The second-order valence-electron chi connectivity index (χ2n) is 5.66. The van der Waals surface area contributed by atoms with Gasteiger partial charge in [0.25, 0.3) is 0 Å². The maximum Gasteiger partial charge on any atom is 0.188 e. The first kappa shape index (κ1) is 18.2. The zero-order valence-corrected chi connectivity index (χ0v) is 13.8. The van der Waals surface area contributed by atoms with E-state index in [0.717, 1.165) is 59.0 Å². The molecule has 0 bridgehead atoms. The number of rotatable bonds is 9. The minimum Gasteiger partial charge on any atom is -0.382 e. The fraction of sp³-hybridized carbons (Fsp3) is 0.933. The van der Waals surface area contributed by atoms with Crippen LogP contribution in [0.2, 0.25) is 0 Å². The summed E-state index contributed by atoms with van der Waals surface area (Å²) in [5.74, 6) is 1.09. The molecular weight excluding hydrogens is 268 g/mol. The van der Waals surface area contributed by atoms with E-state index in [1.807, 2.05) is 6.92 Å². The van der Waals surface area contributed by atoms with Crippen molar-refractivity contribution in [2.75, 3.05) is 52.6 Å². The molecule has 1 heterocycles. The Hall–Kier alpha value is -0.850. The molecule has 3 N–H and O–H groups in total. The van der Waals surface area contributed by atoms with Crippen LogP contribution in [0.5, 0.6) is 0 Å². The third kappa shape index (κ3) is 7.64. The van der Waals surface area contributed by atoms with Crippen molar-refractivity contribution in [2.24, 2.45) is 16.6 Å². The molecule has 0 aromatic rings. The van der Waals surface area contributed by atoms with Crippen LogP contribution in [0.25, 0.3) is 0 Å². The van der Waals surface area contributed by atoms with E-state index in [0.29, 0.717) is 17.9 Å². The fourth-order valence-electron chi connectivity index (χ4n) is 2.44. The Labute approximate surface area is 129 Å². The van der Waals surface area contributed by atoms with Crippen LogP contribution in [0.3, 0.4) is 0 Å². The Balaban J connectivity index is 2.31. The van der Waals surface area contributed by atoms with Gasteiger partial charge in [-0.05, 0) is 19.3 Å². The second-order valence-corrected chi connectivity index (χ2v) is 5.66. The summed E-state index contributed by atoms with van der Waals surface area (Å²) in [6, 6.07) is 0.428. The molecule has 1 saturated heterocycles. The van der Waals surface area contributed by atoms with Crippen molar-refractivity contribution in [2.45, 2.75) is 33.2 Å². The number of hydrogen-bond acceptors (Lipinski definition) is 4. The fourth-order valence-corrected chi connectivity index (χ4v) is 2.44. The van der Waals surface area contributed by atoms with Crippen LogP contribution < -0.4 is 11.1 Å². The number of hydrogen-bond donors (Lipinski definition) is 2. The summed E-state index contributed by atoms with van der Waals surface area (Å²) in [6.07, 6.45) is 0.946. The largest absolute Gasteiger partial charge is 0.382 e. The number of nitrogens with zero attached hydrogens (tertiary/aromatic N) is 2. The van der Waals surface area contributed by atoms with Crippen molar-refractivity contribution >= 4 is 5.96 Å². The Morgan fingerprint density at radius 3 is 2.71 bits per heavy atom. The van der Waals surface area contributed by atoms with Crippen LogP contribution in [0.15, 0.2) is 4.99 Å². The molecule has 1 fully saturated rings. The molecule has 21 heavy (non-hydrogen) atoms. The molecule has 0 radical (unpaired) electrons. The molecule has 1 aliphatic rings.